The van der Waals surface area contributed by atoms with Gasteiger partial charge in [-0.25, -0.2) is 9.37 Å². The number of para-hydroxylation sites is 1. The molecule has 0 saturated carbocycles. The van der Waals surface area contributed by atoms with Crippen molar-refractivity contribution in [2.45, 2.75) is 44.9 Å². The molecule has 0 bridgehead atoms. The first kappa shape index (κ1) is 24.5. The Morgan fingerprint density at radius 2 is 1.94 bits per heavy atom. The Bertz CT molecular complexity index is 1270. The van der Waals surface area contributed by atoms with Crippen molar-refractivity contribution in [3.63, 3.8) is 0 Å². The number of ether oxygens (including phenoxy) is 1. The van der Waals surface area contributed by atoms with Crippen LogP contribution in [0.5, 0.6) is 0 Å². The normalized spacial score (nSPS) is 13.5. The molecule has 3 aromatic rings. The van der Waals surface area contributed by atoms with E-state index in [0.717, 1.165) is 5.39 Å². The fourth-order valence-corrected chi connectivity index (χ4v) is 4.91. The third-order valence-electron chi connectivity index (χ3n) is 5.43. The number of aliphatic hydroxyl groups is 1. The molecule has 2 aromatic carbocycles. The molecule has 1 aromatic heterocycles. The number of rotatable bonds is 7. The minimum absolute atomic E-state index is 0.129. The van der Waals surface area contributed by atoms with Crippen LogP contribution >= 0.6 is 8.03 Å². The summed E-state index contributed by atoms with van der Waals surface area (Å²) in [4.78, 5) is 27.0. The zero-order valence-electron chi connectivity index (χ0n) is 18.4. The molecule has 0 amide bonds. The van der Waals surface area contributed by atoms with Crippen molar-refractivity contribution < 1.29 is 28.5 Å². The van der Waals surface area contributed by atoms with Crippen molar-refractivity contribution in [1.82, 2.24) is 4.98 Å². The second-order valence-electron chi connectivity index (χ2n) is 8.03. The summed E-state index contributed by atoms with van der Waals surface area (Å²) in [6.45, 7) is 5.45. The maximum absolute atomic E-state index is 14.0. The fraction of sp³-hybridized carbons (Fsp3) is 0.280. The van der Waals surface area contributed by atoms with Crippen LogP contribution in [-0.2, 0) is 14.1 Å². The largest absolute Gasteiger partial charge is 0.516 e. The summed E-state index contributed by atoms with van der Waals surface area (Å²) in [5.41, 5.74) is 1.57. The van der Waals surface area contributed by atoms with Gasteiger partial charge < -0.3 is 9.84 Å². The highest BCUT2D eigenvalue weighted by molar-refractivity contribution is 7.38. The highest BCUT2D eigenvalue weighted by Gasteiger charge is 2.44. The molecule has 1 heterocycles. The number of halogens is 1. The zero-order chi connectivity index (χ0) is 24.3. The van der Waals surface area contributed by atoms with Crippen LogP contribution in [0.3, 0.4) is 0 Å². The lowest BCUT2D eigenvalue weighted by Crippen LogP contribution is -2.23. The highest BCUT2D eigenvalue weighted by atomic mass is 31.1. The van der Waals surface area contributed by atoms with E-state index in [1.54, 1.807) is 19.1 Å². The first-order chi connectivity index (χ1) is 15.6. The van der Waals surface area contributed by atoms with Gasteiger partial charge in [-0.1, -0.05) is 38.5 Å². The minimum Gasteiger partial charge on any atom is -0.387 e. The molecule has 170 valence electrons. The average molecular weight is 468 g/mol. The number of aliphatic hydroxyl groups excluding tert-OH is 1. The molecule has 0 aliphatic heterocycles. The number of carbonyl (C=O) groups is 1. The van der Waals surface area contributed by atoms with Crippen molar-refractivity contribution in [2.75, 3.05) is 0 Å². The van der Waals surface area contributed by atoms with E-state index < -0.39 is 38.0 Å². The predicted molar refractivity (Wildman–Crippen MR) is 124 cm³/mol. The standard InChI is InChI=1S/C25H23FNO5P/c1-5-32-21(29)13-20(28)25(33(30)31)23-22(14(2)3)17-8-6-7-9-19(17)27-24(23)16-10-11-18(26)15(4)12-16/h1,6-12,14,20,25,28H,13H2,2-4H3/p+1. The second kappa shape index (κ2) is 10.2. The van der Waals surface area contributed by atoms with E-state index in [4.69, 9.17) is 11.4 Å². The predicted octanol–water partition coefficient (Wildman–Crippen LogP) is 5.13. The maximum Gasteiger partial charge on any atom is 0.516 e. The van der Waals surface area contributed by atoms with Gasteiger partial charge in [-0.15, -0.1) is 0 Å². The Morgan fingerprint density at radius 3 is 2.55 bits per heavy atom. The van der Waals surface area contributed by atoms with Crippen molar-refractivity contribution in [3.05, 3.63) is 65.0 Å². The van der Waals surface area contributed by atoms with Crippen LogP contribution in [0.25, 0.3) is 22.2 Å². The molecule has 3 atom stereocenters. The van der Waals surface area contributed by atoms with Gasteiger partial charge in [-0.3, -0.25) is 4.79 Å². The SMILES string of the molecule is C#COC(=O)CC(O)C(c1c(-c2ccc(F)c(C)c2)nc2ccccc2c1C(C)C)[P+](=O)O. The van der Waals surface area contributed by atoms with Gasteiger partial charge in [-0.2, -0.15) is 4.89 Å². The monoisotopic (exact) mass is 468 g/mol. The number of hydrogen-bond donors (Lipinski definition) is 2. The number of esters is 1. The number of pyridine rings is 1. The van der Waals surface area contributed by atoms with E-state index in [1.165, 1.54) is 12.1 Å². The lowest BCUT2D eigenvalue weighted by Gasteiger charge is -2.23. The molecular weight excluding hydrogens is 444 g/mol. The van der Waals surface area contributed by atoms with Gasteiger partial charge in [0.2, 0.25) is 5.66 Å². The smallest absolute Gasteiger partial charge is 0.387 e. The topological polar surface area (TPSA) is 96.7 Å². The molecule has 8 heteroatoms. The summed E-state index contributed by atoms with van der Waals surface area (Å²) >= 11 is 0. The highest BCUT2D eigenvalue weighted by Crippen LogP contribution is 2.49. The van der Waals surface area contributed by atoms with E-state index in [2.05, 4.69) is 4.74 Å². The number of carbonyl (C=O) groups excluding carboxylic acids is 1. The van der Waals surface area contributed by atoms with Crippen LogP contribution in [0.15, 0.2) is 42.5 Å². The number of hydrogen-bond acceptors (Lipinski definition) is 5. The van der Waals surface area contributed by atoms with E-state index in [9.17, 15) is 23.7 Å². The third kappa shape index (κ3) is 5.09. The van der Waals surface area contributed by atoms with Crippen LogP contribution < -0.4 is 0 Å². The Kier molecular flexibility index (Phi) is 7.55. The van der Waals surface area contributed by atoms with Crippen molar-refractivity contribution in [2.24, 2.45) is 0 Å². The lowest BCUT2D eigenvalue weighted by atomic mass is 9.86. The molecule has 33 heavy (non-hydrogen) atoms. The Morgan fingerprint density at radius 1 is 1.24 bits per heavy atom. The molecule has 3 rings (SSSR count). The van der Waals surface area contributed by atoms with E-state index in [-0.39, 0.29) is 5.92 Å². The van der Waals surface area contributed by atoms with Gasteiger partial charge in [0.25, 0.3) is 0 Å². The molecule has 0 saturated heterocycles. The van der Waals surface area contributed by atoms with Gasteiger partial charge in [0.1, 0.15) is 18.0 Å². The summed E-state index contributed by atoms with van der Waals surface area (Å²) < 4.78 is 31.1. The summed E-state index contributed by atoms with van der Waals surface area (Å²) in [5, 5.41) is 11.6. The zero-order valence-corrected chi connectivity index (χ0v) is 19.3. The molecule has 3 unspecified atom stereocenters. The molecular formula is C25H24FNO5P+. The number of terminal acetylenes is 1. The molecule has 0 radical (unpaired) electrons. The first-order valence-electron chi connectivity index (χ1n) is 10.3. The quantitative estimate of drug-likeness (QED) is 0.283. The summed E-state index contributed by atoms with van der Waals surface area (Å²) in [6, 6.07) is 11.8. The Labute approximate surface area is 192 Å². The summed E-state index contributed by atoms with van der Waals surface area (Å²) in [7, 11) is -3.01. The van der Waals surface area contributed by atoms with Crippen molar-refractivity contribution >= 4 is 24.9 Å². The maximum atomic E-state index is 14.0. The lowest BCUT2D eigenvalue weighted by molar-refractivity contribution is -0.139. The fourth-order valence-electron chi connectivity index (χ4n) is 4.03. The number of aromatic nitrogens is 1. The van der Waals surface area contributed by atoms with Crippen LogP contribution in [0.2, 0.25) is 0 Å². The van der Waals surface area contributed by atoms with Crippen LogP contribution in [-0.4, -0.2) is 27.1 Å². The first-order valence-corrected chi connectivity index (χ1v) is 11.6. The second-order valence-corrected chi connectivity index (χ2v) is 9.20. The van der Waals surface area contributed by atoms with E-state index in [1.807, 2.05) is 38.1 Å². The molecule has 0 spiro atoms. The minimum atomic E-state index is -3.01. The van der Waals surface area contributed by atoms with Crippen molar-refractivity contribution in [3.8, 4) is 23.8 Å². The molecule has 0 fully saturated rings. The van der Waals surface area contributed by atoms with Crippen LogP contribution in [0.4, 0.5) is 4.39 Å². The third-order valence-corrected chi connectivity index (χ3v) is 6.51. The summed E-state index contributed by atoms with van der Waals surface area (Å²) in [6.07, 6.45) is 4.57. The molecule has 0 aliphatic carbocycles. The van der Waals surface area contributed by atoms with Gasteiger partial charge in [0, 0.05) is 16.5 Å². The number of fused-ring (bicyclic) bond motifs is 1. The molecule has 2 N–H and O–H groups in total. The van der Waals surface area contributed by atoms with E-state index >= 15 is 0 Å². The van der Waals surface area contributed by atoms with Gasteiger partial charge in [-0.05, 0) is 52.8 Å². The van der Waals surface area contributed by atoms with Gasteiger partial charge in [0.05, 0.1) is 17.6 Å². The number of benzene rings is 2. The average Bonchev–Trinajstić information content (AvgIpc) is 2.74. The van der Waals surface area contributed by atoms with E-state index in [0.29, 0.717) is 33.5 Å². The molecule has 6 nitrogen and oxygen atoms in total. The Balaban J connectivity index is 2.38. The number of aryl methyl sites for hydroxylation is 1. The van der Waals surface area contributed by atoms with Crippen LogP contribution in [0, 0.1) is 25.3 Å². The summed E-state index contributed by atoms with van der Waals surface area (Å²) in [5.74, 6) is -1.42. The van der Waals surface area contributed by atoms with Gasteiger partial charge >= 0.3 is 14.0 Å². The van der Waals surface area contributed by atoms with Gasteiger partial charge in [0.15, 0.2) is 0 Å². The molecule has 0 aliphatic rings. The number of nitrogens with zero attached hydrogens (tertiary/aromatic N) is 1. The Hall–Kier alpha value is -3.17. The van der Waals surface area contributed by atoms with Crippen LogP contribution in [0.1, 0.15) is 48.5 Å². The van der Waals surface area contributed by atoms with Crippen molar-refractivity contribution in [1.29, 1.82) is 0 Å².